The van der Waals surface area contributed by atoms with Crippen molar-refractivity contribution in [1.29, 1.82) is 0 Å². The molecule has 3 atom stereocenters. The van der Waals surface area contributed by atoms with Gasteiger partial charge in [-0.25, -0.2) is 0 Å². The van der Waals surface area contributed by atoms with E-state index < -0.39 is 0 Å². The van der Waals surface area contributed by atoms with Crippen LogP contribution in [0.1, 0.15) is 38.5 Å². The van der Waals surface area contributed by atoms with Gasteiger partial charge in [0.25, 0.3) is 0 Å². The van der Waals surface area contributed by atoms with Crippen molar-refractivity contribution < 1.29 is 9.53 Å². The summed E-state index contributed by atoms with van der Waals surface area (Å²) >= 11 is 0. The van der Waals surface area contributed by atoms with E-state index in [9.17, 15) is 4.79 Å². The van der Waals surface area contributed by atoms with Crippen LogP contribution in [0.3, 0.4) is 0 Å². The van der Waals surface area contributed by atoms with Gasteiger partial charge in [0.05, 0.1) is 12.2 Å². The molecule has 0 saturated heterocycles. The molecule has 0 bridgehead atoms. The lowest BCUT2D eigenvalue weighted by Crippen LogP contribution is -2.43. The molecule has 0 radical (unpaired) electrons. The van der Waals surface area contributed by atoms with Gasteiger partial charge >= 0.3 is 0 Å². The first-order valence-corrected chi connectivity index (χ1v) is 6.08. The van der Waals surface area contributed by atoms with E-state index >= 15 is 0 Å². The Morgan fingerprint density at radius 1 is 1.40 bits per heavy atom. The van der Waals surface area contributed by atoms with Crippen molar-refractivity contribution in [3.8, 4) is 0 Å². The monoisotopic (exact) mass is 209 g/mol. The molecule has 1 N–H and O–H groups in total. The lowest BCUT2D eigenvalue weighted by atomic mass is 9.91. The number of carbonyl (C=O) groups is 1. The van der Waals surface area contributed by atoms with E-state index in [1.54, 1.807) is 0 Å². The average molecular weight is 209 g/mol. The normalized spacial score (nSPS) is 44.7. The number of hydrogen-bond donors (Lipinski definition) is 1. The van der Waals surface area contributed by atoms with Crippen LogP contribution in [0.2, 0.25) is 0 Å². The Bertz CT molecular complexity index is 287. The van der Waals surface area contributed by atoms with Crippen LogP contribution in [0.4, 0.5) is 0 Å². The van der Waals surface area contributed by atoms with Crippen LogP contribution in [0.25, 0.3) is 0 Å². The van der Waals surface area contributed by atoms with Gasteiger partial charge in [0.2, 0.25) is 0 Å². The summed E-state index contributed by atoms with van der Waals surface area (Å²) in [6, 6.07) is 0. The Kier molecular flexibility index (Phi) is 2.15. The van der Waals surface area contributed by atoms with Crippen molar-refractivity contribution in [3.05, 3.63) is 0 Å². The topological polar surface area (TPSA) is 38.3 Å². The van der Waals surface area contributed by atoms with Gasteiger partial charge in [-0.2, -0.15) is 0 Å². The van der Waals surface area contributed by atoms with E-state index in [2.05, 4.69) is 5.32 Å². The zero-order chi connectivity index (χ0) is 10.5. The largest absolute Gasteiger partial charge is 0.375 e. The van der Waals surface area contributed by atoms with Gasteiger partial charge in [-0.1, -0.05) is 0 Å². The molecule has 0 aromatic rings. The Morgan fingerprint density at radius 3 is 2.80 bits per heavy atom. The highest BCUT2D eigenvalue weighted by molar-refractivity contribution is 5.83. The Hall–Kier alpha value is -0.410. The molecule has 3 saturated carbocycles. The average Bonchev–Trinajstić information content (AvgIpc) is 2.84. The van der Waals surface area contributed by atoms with Gasteiger partial charge in [-0.15, -0.1) is 0 Å². The second-order valence-corrected chi connectivity index (χ2v) is 5.42. The molecule has 3 aliphatic rings. The Morgan fingerprint density at radius 2 is 2.20 bits per heavy atom. The molecule has 84 valence electrons. The molecule has 0 aromatic carbocycles. The minimum Gasteiger partial charge on any atom is -0.375 e. The lowest BCUT2D eigenvalue weighted by molar-refractivity contribution is -0.118. The van der Waals surface area contributed by atoms with Gasteiger partial charge in [-0.05, 0) is 38.6 Å². The molecule has 0 amide bonds. The first-order chi connectivity index (χ1) is 7.22. The van der Waals surface area contributed by atoms with Gasteiger partial charge in [0.1, 0.15) is 5.78 Å². The highest BCUT2D eigenvalue weighted by Crippen LogP contribution is 2.47. The zero-order valence-electron chi connectivity index (χ0n) is 9.29. The maximum Gasteiger partial charge on any atom is 0.135 e. The highest BCUT2D eigenvalue weighted by Gasteiger charge is 2.53. The summed E-state index contributed by atoms with van der Waals surface area (Å²) in [6.45, 7) is 0. The summed E-state index contributed by atoms with van der Waals surface area (Å²) in [6.07, 6.45) is 7.05. The number of ketones is 1. The van der Waals surface area contributed by atoms with Gasteiger partial charge in [-0.3, -0.25) is 4.79 Å². The van der Waals surface area contributed by atoms with Crippen LogP contribution < -0.4 is 5.32 Å². The quantitative estimate of drug-likeness (QED) is 0.760. The standard InChI is InChI=1S/C12H19NO2/c1-13-12-6-9(14)4-8(12)5-11(7-12)15-10-2-3-10/h8,10-11,13H,2-7H2,1H3. The molecule has 0 heterocycles. The van der Waals surface area contributed by atoms with E-state index in [1.165, 1.54) is 12.8 Å². The van der Waals surface area contributed by atoms with Gasteiger partial charge in [0, 0.05) is 18.4 Å². The summed E-state index contributed by atoms with van der Waals surface area (Å²) in [5.41, 5.74) is 0.0800. The summed E-state index contributed by atoms with van der Waals surface area (Å²) < 4.78 is 5.97. The molecule has 3 nitrogen and oxygen atoms in total. The number of hydrogen-bond acceptors (Lipinski definition) is 3. The van der Waals surface area contributed by atoms with Crippen molar-refractivity contribution in [2.45, 2.75) is 56.3 Å². The summed E-state index contributed by atoms with van der Waals surface area (Å²) in [7, 11) is 1.99. The summed E-state index contributed by atoms with van der Waals surface area (Å²) in [5, 5.41) is 3.39. The molecule has 0 spiro atoms. The first-order valence-electron chi connectivity index (χ1n) is 6.08. The second kappa shape index (κ2) is 3.29. The van der Waals surface area contributed by atoms with E-state index in [4.69, 9.17) is 4.74 Å². The molecule has 0 aliphatic heterocycles. The van der Waals surface area contributed by atoms with E-state index in [0.29, 0.717) is 23.9 Å². The van der Waals surface area contributed by atoms with Gasteiger partial charge < -0.3 is 10.1 Å². The minimum absolute atomic E-state index is 0.0800. The van der Waals surface area contributed by atoms with Gasteiger partial charge in [0.15, 0.2) is 0 Å². The van der Waals surface area contributed by atoms with E-state index in [-0.39, 0.29) is 5.54 Å². The molecule has 0 aromatic heterocycles. The zero-order valence-corrected chi connectivity index (χ0v) is 9.29. The number of rotatable bonds is 3. The Labute approximate surface area is 90.6 Å². The third-order valence-corrected chi connectivity index (χ3v) is 4.31. The second-order valence-electron chi connectivity index (χ2n) is 5.42. The molecule has 3 rings (SSSR count). The smallest absolute Gasteiger partial charge is 0.135 e. The third-order valence-electron chi connectivity index (χ3n) is 4.31. The number of fused-ring (bicyclic) bond motifs is 1. The number of ether oxygens (including phenoxy) is 1. The van der Waals surface area contributed by atoms with E-state index in [1.807, 2.05) is 7.05 Å². The van der Waals surface area contributed by atoms with Crippen LogP contribution >= 0.6 is 0 Å². The lowest BCUT2D eigenvalue weighted by Gasteiger charge is -2.27. The van der Waals surface area contributed by atoms with Crippen LogP contribution in [-0.4, -0.2) is 30.6 Å². The predicted molar refractivity (Wildman–Crippen MR) is 56.7 cm³/mol. The molecule has 3 heteroatoms. The maximum atomic E-state index is 11.5. The molecule has 15 heavy (non-hydrogen) atoms. The fourth-order valence-corrected chi connectivity index (χ4v) is 3.37. The number of Topliss-reactive ketones (excluding diaryl/α,β-unsaturated/α-hetero) is 1. The predicted octanol–water partition coefficient (Wildman–Crippen LogP) is 1.27. The molecule has 3 unspecified atom stereocenters. The van der Waals surface area contributed by atoms with Crippen molar-refractivity contribution in [3.63, 3.8) is 0 Å². The minimum atomic E-state index is 0.0800. The van der Waals surface area contributed by atoms with Crippen LogP contribution in [0.15, 0.2) is 0 Å². The van der Waals surface area contributed by atoms with Crippen molar-refractivity contribution in [2.24, 2.45) is 5.92 Å². The Balaban J connectivity index is 1.69. The number of carbonyl (C=O) groups excluding carboxylic acids is 1. The number of nitrogens with one attached hydrogen (secondary N) is 1. The van der Waals surface area contributed by atoms with Crippen LogP contribution in [0, 0.1) is 5.92 Å². The van der Waals surface area contributed by atoms with Crippen molar-refractivity contribution in [1.82, 2.24) is 5.32 Å². The summed E-state index contributed by atoms with van der Waals surface area (Å²) in [4.78, 5) is 11.5. The highest BCUT2D eigenvalue weighted by atomic mass is 16.5. The fraction of sp³-hybridized carbons (Fsp3) is 0.917. The summed E-state index contributed by atoms with van der Waals surface area (Å²) in [5.74, 6) is 0.956. The van der Waals surface area contributed by atoms with Crippen LogP contribution in [0.5, 0.6) is 0 Å². The van der Waals surface area contributed by atoms with E-state index in [0.717, 1.165) is 25.7 Å². The van der Waals surface area contributed by atoms with Crippen molar-refractivity contribution in [2.75, 3.05) is 7.05 Å². The SMILES string of the molecule is CNC12CC(=O)CC1CC(OC1CC1)C2. The third kappa shape index (κ3) is 1.62. The molecule has 3 fully saturated rings. The first kappa shape index (κ1) is 9.79. The van der Waals surface area contributed by atoms with Crippen LogP contribution in [-0.2, 0) is 9.53 Å². The molecular weight excluding hydrogens is 190 g/mol. The molecular formula is C12H19NO2. The maximum absolute atomic E-state index is 11.5. The van der Waals surface area contributed by atoms with Crippen molar-refractivity contribution >= 4 is 5.78 Å². The fourth-order valence-electron chi connectivity index (χ4n) is 3.37. The molecule has 3 aliphatic carbocycles.